The molecule has 7 nitrogen and oxygen atoms in total. The van der Waals surface area contributed by atoms with Crippen molar-refractivity contribution in [3.63, 3.8) is 0 Å². The Kier molecular flexibility index (Phi) is 5.67. The number of aromatic amines is 1. The minimum atomic E-state index is -2.30. The number of hydrogen-bond acceptors (Lipinski definition) is 6. The lowest BCUT2D eigenvalue weighted by Crippen LogP contribution is -2.56. The first-order valence-corrected chi connectivity index (χ1v) is 11.8. The molecule has 0 fully saturated rings. The van der Waals surface area contributed by atoms with Gasteiger partial charge < -0.3 is 9.72 Å². The number of aromatic nitrogens is 1. The van der Waals surface area contributed by atoms with Gasteiger partial charge >= 0.3 is 5.97 Å². The highest BCUT2D eigenvalue weighted by atomic mass is 35.5. The van der Waals surface area contributed by atoms with E-state index in [-0.39, 0.29) is 23.3 Å². The van der Waals surface area contributed by atoms with Crippen LogP contribution in [0, 0.1) is 33.5 Å². The SMILES string of the molecule is CCOC(=O)C1=C(Cl)C(=O)C2(C#N)C(C(=O)c3ccccc3)=C(c3ccc(-c4ccccc4)[nH]3)C12C#N. The number of Topliss-reactive ketones (excluding diaryl/α,β-unsaturated/α-hetero) is 2. The Morgan fingerprint density at radius 1 is 0.892 bits per heavy atom. The molecule has 1 aromatic heterocycles. The van der Waals surface area contributed by atoms with Gasteiger partial charge in [0.2, 0.25) is 5.78 Å². The molecule has 0 bridgehead atoms. The first-order chi connectivity index (χ1) is 17.9. The van der Waals surface area contributed by atoms with Gasteiger partial charge in [0, 0.05) is 28.1 Å². The van der Waals surface area contributed by atoms with Gasteiger partial charge in [0.25, 0.3) is 0 Å². The minimum absolute atomic E-state index is 0.0444. The molecule has 2 atom stereocenters. The Morgan fingerprint density at radius 2 is 1.49 bits per heavy atom. The lowest BCUT2D eigenvalue weighted by atomic mass is 9.45. The van der Waals surface area contributed by atoms with Crippen LogP contribution in [-0.2, 0) is 14.3 Å². The summed E-state index contributed by atoms with van der Waals surface area (Å²) in [5.41, 5.74) is -2.96. The quantitative estimate of drug-likeness (QED) is 0.370. The number of rotatable bonds is 6. The van der Waals surface area contributed by atoms with Crippen LogP contribution in [0.5, 0.6) is 0 Å². The Bertz CT molecular complexity index is 1620. The number of fused-ring (bicyclic) bond motifs is 1. The summed E-state index contributed by atoms with van der Waals surface area (Å²) >= 11 is 6.37. The van der Waals surface area contributed by atoms with Crippen LogP contribution in [0.4, 0.5) is 0 Å². The van der Waals surface area contributed by atoms with E-state index in [9.17, 15) is 24.9 Å². The van der Waals surface area contributed by atoms with Gasteiger partial charge in [-0.15, -0.1) is 0 Å². The van der Waals surface area contributed by atoms with Gasteiger partial charge in [-0.25, -0.2) is 4.79 Å². The zero-order valence-corrected chi connectivity index (χ0v) is 20.3. The monoisotopic (exact) mass is 507 g/mol. The molecule has 2 aromatic carbocycles. The van der Waals surface area contributed by atoms with Gasteiger partial charge in [-0.2, -0.15) is 10.5 Å². The molecule has 2 aliphatic rings. The topological polar surface area (TPSA) is 124 Å². The van der Waals surface area contributed by atoms with E-state index >= 15 is 0 Å². The first-order valence-electron chi connectivity index (χ1n) is 11.4. The Hall–Kier alpha value is -4.72. The largest absolute Gasteiger partial charge is 0.463 e. The Labute approximate surface area is 217 Å². The van der Waals surface area contributed by atoms with Gasteiger partial charge in [0.15, 0.2) is 11.2 Å². The maximum Gasteiger partial charge on any atom is 0.337 e. The molecule has 1 heterocycles. The van der Waals surface area contributed by atoms with E-state index in [1.54, 1.807) is 49.4 Å². The van der Waals surface area contributed by atoms with Crippen LogP contribution in [0.3, 0.4) is 0 Å². The standard InChI is InChI=1S/C29H18ClN3O4/c1-2-37-27(36)23-24(30)26(35)29(16-32)22(25(34)18-11-7-4-8-12-18)21(28(23,29)15-31)20-14-13-19(33-20)17-9-5-3-6-10-17/h3-14,33H,2H2,1H3. The van der Waals surface area contributed by atoms with Crippen molar-refractivity contribution in [3.05, 3.63) is 100 Å². The molecule has 2 aliphatic carbocycles. The number of esters is 1. The summed E-state index contributed by atoms with van der Waals surface area (Å²) < 4.78 is 5.14. The molecule has 0 saturated heterocycles. The average molecular weight is 508 g/mol. The van der Waals surface area contributed by atoms with Gasteiger partial charge in [0.1, 0.15) is 5.41 Å². The third-order valence-electron chi connectivity index (χ3n) is 6.82. The second-order valence-corrected chi connectivity index (χ2v) is 8.94. The third kappa shape index (κ3) is 3.02. The van der Waals surface area contributed by atoms with E-state index < -0.39 is 39.0 Å². The summed E-state index contributed by atoms with van der Waals surface area (Å²) in [4.78, 5) is 43.7. The van der Waals surface area contributed by atoms with Crippen molar-refractivity contribution in [3.8, 4) is 23.4 Å². The predicted octanol–water partition coefficient (Wildman–Crippen LogP) is 4.99. The van der Waals surface area contributed by atoms with Crippen LogP contribution < -0.4 is 0 Å². The molecular weight excluding hydrogens is 490 g/mol. The van der Waals surface area contributed by atoms with Crippen molar-refractivity contribution in [1.29, 1.82) is 10.5 Å². The van der Waals surface area contributed by atoms with Gasteiger partial charge in [0.05, 0.1) is 29.4 Å². The summed E-state index contributed by atoms with van der Waals surface area (Å²) in [5.74, 6) is -2.57. The normalized spacial score (nSPS) is 22.1. The molecule has 37 heavy (non-hydrogen) atoms. The molecule has 3 aromatic rings. The first kappa shape index (κ1) is 24.0. The average Bonchev–Trinajstić information content (AvgIpc) is 3.45. The number of H-pyrrole nitrogens is 1. The zero-order valence-electron chi connectivity index (χ0n) is 19.5. The summed E-state index contributed by atoms with van der Waals surface area (Å²) in [5, 5.41) is 20.4. The van der Waals surface area contributed by atoms with E-state index in [4.69, 9.17) is 16.3 Å². The van der Waals surface area contributed by atoms with E-state index in [0.717, 1.165) is 5.56 Å². The molecule has 1 N–H and O–H groups in total. The number of carbonyl (C=O) groups excluding carboxylic acids is 3. The van der Waals surface area contributed by atoms with E-state index in [1.165, 1.54) is 0 Å². The van der Waals surface area contributed by atoms with Crippen molar-refractivity contribution in [1.82, 2.24) is 4.98 Å². The number of allylic oxidation sites excluding steroid dienone is 3. The molecule has 8 heteroatoms. The van der Waals surface area contributed by atoms with Gasteiger partial charge in [-0.3, -0.25) is 9.59 Å². The number of benzene rings is 2. The predicted molar refractivity (Wildman–Crippen MR) is 135 cm³/mol. The second-order valence-electron chi connectivity index (χ2n) is 8.56. The van der Waals surface area contributed by atoms with Crippen LogP contribution in [0.2, 0.25) is 0 Å². The molecule has 180 valence electrons. The molecule has 2 unspecified atom stereocenters. The molecular formula is C29H18ClN3O4. The molecule has 0 amide bonds. The fourth-order valence-electron chi connectivity index (χ4n) is 5.24. The maximum atomic E-state index is 13.8. The lowest BCUT2D eigenvalue weighted by molar-refractivity contribution is -0.139. The maximum absolute atomic E-state index is 13.8. The fraction of sp³-hybridized carbons (Fsp3) is 0.138. The lowest BCUT2D eigenvalue weighted by Gasteiger charge is -2.48. The zero-order chi connectivity index (χ0) is 26.4. The van der Waals surface area contributed by atoms with Gasteiger partial charge in [-0.1, -0.05) is 72.3 Å². The number of ether oxygens (including phenoxy) is 1. The molecule has 0 saturated carbocycles. The second kappa shape index (κ2) is 8.74. The van der Waals surface area contributed by atoms with Crippen LogP contribution in [0.1, 0.15) is 23.0 Å². The van der Waals surface area contributed by atoms with Crippen LogP contribution >= 0.6 is 11.6 Å². The number of nitrogens with one attached hydrogen (secondary N) is 1. The van der Waals surface area contributed by atoms with Crippen molar-refractivity contribution < 1.29 is 19.1 Å². The van der Waals surface area contributed by atoms with Crippen LogP contribution in [0.25, 0.3) is 16.8 Å². The Morgan fingerprint density at radius 3 is 2.08 bits per heavy atom. The molecule has 0 radical (unpaired) electrons. The van der Waals surface area contributed by atoms with Crippen molar-refractivity contribution in [2.75, 3.05) is 6.61 Å². The van der Waals surface area contributed by atoms with E-state index in [0.29, 0.717) is 11.4 Å². The summed E-state index contributed by atoms with van der Waals surface area (Å²) in [6.07, 6.45) is 0. The number of ketones is 2. The van der Waals surface area contributed by atoms with E-state index in [2.05, 4.69) is 4.98 Å². The number of halogens is 1. The molecule has 0 spiro atoms. The minimum Gasteiger partial charge on any atom is -0.463 e. The van der Waals surface area contributed by atoms with Crippen molar-refractivity contribution in [2.24, 2.45) is 10.8 Å². The third-order valence-corrected chi connectivity index (χ3v) is 7.18. The number of hydrogen-bond donors (Lipinski definition) is 1. The highest BCUT2D eigenvalue weighted by Gasteiger charge is 2.79. The number of nitriles is 2. The smallest absolute Gasteiger partial charge is 0.337 e. The number of carbonyl (C=O) groups is 3. The summed E-state index contributed by atoms with van der Waals surface area (Å²) in [6, 6.07) is 24.8. The van der Waals surface area contributed by atoms with E-state index in [1.807, 2.05) is 42.5 Å². The summed E-state index contributed by atoms with van der Waals surface area (Å²) in [7, 11) is 0. The van der Waals surface area contributed by atoms with Crippen molar-refractivity contribution >= 4 is 34.7 Å². The van der Waals surface area contributed by atoms with Crippen LogP contribution in [0.15, 0.2) is 89.0 Å². The Balaban J connectivity index is 1.83. The van der Waals surface area contributed by atoms with Crippen molar-refractivity contribution in [2.45, 2.75) is 6.92 Å². The highest BCUT2D eigenvalue weighted by molar-refractivity contribution is 6.50. The highest BCUT2D eigenvalue weighted by Crippen LogP contribution is 2.73. The molecule has 0 aliphatic heterocycles. The molecule has 5 rings (SSSR count). The van der Waals surface area contributed by atoms with Gasteiger partial charge in [-0.05, 0) is 24.6 Å². The summed E-state index contributed by atoms with van der Waals surface area (Å²) in [6.45, 7) is 1.52. The fourth-order valence-corrected chi connectivity index (χ4v) is 5.60. The number of nitrogens with zero attached hydrogens (tertiary/aromatic N) is 2. The van der Waals surface area contributed by atoms with Crippen LogP contribution in [-0.4, -0.2) is 29.1 Å².